The Balaban J connectivity index is 1.39. The predicted molar refractivity (Wildman–Crippen MR) is 99.3 cm³/mol. The summed E-state index contributed by atoms with van der Waals surface area (Å²) in [4.78, 5) is 13.1. The van der Waals surface area contributed by atoms with Gasteiger partial charge in [-0.2, -0.15) is 0 Å². The molecule has 0 aliphatic heterocycles. The second-order valence-electron chi connectivity index (χ2n) is 5.51. The molecular formula is C20H14N2O3S. The maximum absolute atomic E-state index is 12.3. The Morgan fingerprint density at radius 3 is 2.42 bits per heavy atom. The van der Waals surface area contributed by atoms with Crippen LogP contribution in [0.2, 0.25) is 0 Å². The van der Waals surface area contributed by atoms with Crippen molar-refractivity contribution in [3.63, 3.8) is 0 Å². The van der Waals surface area contributed by atoms with Crippen molar-refractivity contribution in [3.05, 3.63) is 77.7 Å². The van der Waals surface area contributed by atoms with Crippen LogP contribution in [0.3, 0.4) is 0 Å². The molecule has 26 heavy (non-hydrogen) atoms. The lowest BCUT2D eigenvalue weighted by Crippen LogP contribution is -2.11. The van der Waals surface area contributed by atoms with Gasteiger partial charge in [0.1, 0.15) is 0 Å². The number of aromatic nitrogens is 2. The van der Waals surface area contributed by atoms with Gasteiger partial charge in [-0.05, 0) is 22.6 Å². The lowest BCUT2D eigenvalue weighted by molar-refractivity contribution is 0.0894. The zero-order valence-corrected chi connectivity index (χ0v) is 14.5. The average molecular weight is 362 g/mol. The quantitative estimate of drug-likeness (QED) is 0.464. The molecule has 128 valence electrons. The Labute approximate surface area is 153 Å². The zero-order valence-electron chi connectivity index (χ0n) is 13.7. The fraction of sp³-hybridized carbons (Fsp3) is 0.0500. The standard InChI is InChI=1S/C20H14N2O3S/c23-17(13-24-20-22-21-19(25-20)18-7-4-12-26-18)16-10-8-15(9-11-16)14-5-2-1-3-6-14/h1-12H,13H2. The molecule has 6 heteroatoms. The molecule has 2 heterocycles. The first-order valence-electron chi connectivity index (χ1n) is 7.98. The third-order valence-corrected chi connectivity index (χ3v) is 4.64. The molecule has 4 aromatic rings. The van der Waals surface area contributed by atoms with Crippen molar-refractivity contribution >= 4 is 17.1 Å². The van der Waals surface area contributed by atoms with Crippen molar-refractivity contribution in [3.8, 4) is 28.0 Å². The van der Waals surface area contributed by atoms with Gasteiger partial charge in [-0.1, -0.05) is 65.8 Å². The summed E-state index contributed by atoms with van der Waals surface area (Å²) >= 11 is 1.49. The fourth-order valence-electron chi connectivity index (χ4n) is 2.46. The van der Waals surface area contributed by atoms with Gasteiger partial charge in [0.2, 0.25) is 0 Å². The molecule has 0 atom stereocenters. The summed E-state index contributed by atoms with van der Waals surface area (Å²) in [6, 6.07) is 21.2. The third-order valence-electron chi connectivity index (χ3n) is 3.78. The molecule has 5 nitrogen and oxygen atoms in total. The number of rotatable bonds is 6. The number of carbonyl (C=O) groups is 1. The number of hydrogen-bond acceptors (Lipinski definition) is 6. The van der Waals surface area contributed by atoms with Crippen LogP contribution in [0.5, 0.6) is 6.08 Å². The second kappa shape index (κ2) is 7.33. The van der Waals surface area contributed by atoms with Gasteiger partial charge in [0.25, 0.3) is 5.89 Å². The first-order chi connectivity index (χ1) is 12.8. The van der Waals surface area contributed by atoms with Crippen molar-refractivity contribution in [2.45, 2.75) is 0 Å². The van der Waals surface area contributed by atoms with Crippen LogP contribution in [0.4, 0.5) is 0 Å². The van der Waals surface area contributed by atoms with Crippen LogP contribution in [-0.4, -0.2) is 22.6 Å². The first-order valence-corrected chi connectivity index (χ1v) is 8.86. The summed E-state index contributed by atoms with van der Waals surface area (Å²) in [6.45, 7) is -0.156. The van der Waals surface area contributed by atoms with Gasteiger partial charge >= 0.3 is 6.08 Å². The highest BCUT2D eigenvalue weighted by atomic mass is 32.1. The second-order valence-corrected chi connectivity index (χ2v) is 6.45. The van der Waals surface area contributed by atoms with Crippen LogP contribution in [-0.2, 0) is 0 Å². The molecule has 0 bridgehead atoms. The zero-order chi connectivity index (χ0) is 17.8. The fourth-order valence-corrected chi connectivity index (χ4v) is 3.10. The third kappa shape index (κ3) is 3.55. The summed E-state index contributed by atoms with van der Waals surface area (Å²) < 4.78 is 10.7. The van der Waals surface area contributed by atoms with Crippen LogP contribution in [0.15, 0.2) is 76.5 Å². The minimum atomic E-state index is -0.156. The normalized spacial score (nSPS) is 10.6. The highest BCUT2D eigenvalue weighted by Gasteiger charge is 2.13. The van der Waals surface area contributed by atoms with Crippen molar-refractivity contribution in [1.29, 1.82) is 0 Å². The van der Waals surface area contributed by atoms with Crippen LogP contribution < -0.4 is 4.74 Å². The summed E-state index contributed by atoms with van der Waals surface area (Å²) in [5.74, 6) is 0.232. The molecule has 0 aliphatic carbocycles. The van der Waals surface area contributed by atoms with Gasteiger partial charge in [-0.3, -0.25) is 4.79 Å². The minimum Gasteiger partial charge on any atom is -0.441 e. The maximum Gasteiger partial charge on any atom is 0.415 e. The van der Waals surface area contributed by atoms with E-state index in [1.54, 1.807) is 12.1 Å². The van der Waals surface area contributed by atoms with Gasteiger partial charge in [-0.15, -0.1) is 16.4 Å². The number of hydrogen-bond donors (Lipinski definition) is 0. The van der Waals surface area contributed by atoms with E-state index in [0.717, 1.165) is 16.0 Å². The molecular weight excluding hydrogens is 348 g/mol. The van der Waals surface area contributed by atoms with E-state index in [1.165, 1.54) is 11.3 Å². The number of thiophene rings is 1. The highest BCUT2D eigenvalue weighted by Crippen LogP contribution is 2.25. The predicted octanol–water partition coefficient (Wildman–Crippen LogP) is 4.73. The number of Topliss-reactive ketones (excluding diaryl/α,β-unsaturated/α-hetero) is 1. The van der Waals surface area contributed by atoms with Gasteiger partial charge in [0.05, 0.1) is 4.88 Å². The van der Waals surface area contributed by atoms with Crippen LogP contribution in [0, 0.1) is 0 Å². The molecule has 0 spiro atoms. The molecule has 0 fully saturated rings. The van der Waals surface area contributed by atoms with E-state index in [4.69, 9.17) is 9.15 Å². The largest absolute Gasteiger partial charge is 0.441 e. The maximum atomic E-state index is 12.3. The van der Waals surface area contributed by atoms with E-state index in [-0.39, 0.29) is 18.5 Å². The van der Waals surface area contributed by atoms with Crippen LogP contribution in [0.1, 0.15) is 10.4 Å². The minimum absolute atomic E-state index is 0.0114. The molecule has 0 saturated carbocycles. The van der Waals surface area contributed by atoms with Gasteiger partial charge in [0.15, 0.2) is 12.4 Å². The molecule has 0 N–H and O–H groups in total. The molecule has 0 amide bonds. The van der Waals surface area contributed by atoms with E-state index in [0.29, 0.717) is 11.5 Å². The topological polar surface area (TPSA) is 65.2 Å². The number of ether oxygens (including phenoxy) is 1. The van der Waals surface area contributed by atoms with E-state index < -0.39 is 0 Å². The summed E-state index contributed by atoms with van der Waals surface area (Å²) in [5, 5.41) is 9.64. The summed E-state index contributed by atoms with van der Waals surface area (Å²) in [6.07, 6.45) is -0.0114. The summed E-state index contributed by atoms with van der Waals surface area (Å²) in [5.41, 5.74) is 2.73. The Kier molecular flexibility index (Phi) is 4.57. The molecule has 0 unspecified atom stereocenters. The Hall–Kier alpha value is -3.25. The number of carbonyl (C=O) groups excluding carboxylic acids is 1. The molecule has 0 aliphatic rings. The SMILES string of the molecule is O=C(COc1nnc(-c2cccs2)o1)c1ccc(-c2ccccc2)cc1. The lowest BCUT2D eigenvalue weighted by atomic mass is 10.0. The molecule has 0 saturated heterocycles. The van der Waals surface area contributed by atoms with Gasteiger partial charge < -0.3 is 9.15 Å². The van der Waals surface area contributed by atoms with Crippen molar-refractivity contribution in [2.24, 2.45) is 0 Å². The first kappa shape index (κ1) is 16.2. The van der Waals surface area contributed by atoms with E-state index in [1.807, 2.05) is 60.0 Å². The van der Waals surface area contributed by atoms with Crippen molar-refractivity contribution in [2.75, 3.05) is 6.61 Å². The van der Waals surface area contributed by atoms with E-state index >= 15 is 0 Å². The Bertz CT molecular complexity index is 993. The molecule has 4 rings (SSSR count). The number of ketones is 1. The average Bonchev–Trinajstić information content (AvgIpc) is 3.38. The van der Waals surface area contributed by atoms with Crippen molar-refractivity contribution < 1.29 is 13.9 Å². The Morgan fingerprint density at radius 1 is 0.923 bits per heavy atom. The highest BCUT2D eigenvalue weighted by molar-refractivity contribution is 7.13. The van der Waals surface area contributed by atoms with E-state index in [2.05, 4.69) is 10.2 Å². The molecule has 2 aromatic carbocycles. The van der Waals surface area contributed by atoms with Crippen LogP contribution in [0.25, 0.3) is 21.9 Å². The molecule has 0 radical (unpaired) electrons. The number of nitrogens with zero attached hydrogens (tertiary/aromatic N) is 2. The van der Waals surface area contributed by atoms with Crippen LogP contribution >= 0.6 is 11.3 Å². The molecule has 2 aromatic heterocycles. The van der Waals surface area contributed by atoms with E-state index in [9.17, 15) is 4.79 Å². The van der Waals surface area contributed by atoms with Gasteiger partial charge in [0, 0.05) is 5.56 Å². The van der Waals surface area contributed by atoms with Crippen molar-refractivity contribution in [1.82, 2.24) is 10.2 Å². The number of benzene rings is 2. The lowest BCUT2D eigenvalue weighted by Gasteiger charge is -2.04. The summed E-state index contributed by atoms with van der Waals surface area (Å²) in [7, 11) is 0. The Morgan fingerprint density at radius 2 is 1.69 bits per heavy atom. The monoisotopic (exact) mass is 362 g/mol. The van der Waals surface area contributed by atoms with Gasteiger partial charge in [-0.25, -0.2) is 0 Å². The smallest absolute Gasteiger partial charge is 0.415 e.